The molecule has 0 radical (unpaired) electrons. The molecule has 2 unspecified atom stereocenters. The molecule has 2 atom stereocenters. The van der Waals surface area contributed by atoms with Crippen LogP contribution in [0.1, 0.15) is 41.5 Å². The molecule has 0 spiro atoms. The van der Waals surface area contributed by atoms with Crippen molar-refractivity contribution in [2.45, 2.75) is 24.8 Å². The van der Waals surface area contributed by atoms with E-state index in [9.17, 15) is 8.42 Å². The van der Waals surface area contributed by atoms with Crippen LogP contribution in [0.5, 0.6) is 0 Å². The van der Waals surface area contributed by atoms with Crippen LogP contribution in [0.2, 0.25) is 5.02 Å². The third kappa shape index (κ3) is 4.16. The Morgan fingerprint density at radius 3 is 2.42 bits per heavy atom. The van der Waals surface area contributed by atoms with E-state index in [-0.39, 0.29) is 17.7 Å². The third-order valence-electron chi connectivity index (χ3n) is 4.48. The van der Waals surface area contributed by atoms with Crippen LogP contribution in [-0.2, 0) is 10.1 Å². The van der Waals surface area contributed by atoms with Crippen LogP contribution < -0.4 is 5.32 Å². The number of hydrogen-bond acceptors (Lipinski definition) is 3. The molecule has 0 fully saturated rings. The van der Waals surface area contributed by atoms with Gasteiger partial charge in [0.2, 0.25) is 0 Å². The average molecular weight is 366 g/mol. The van der Waals surface area contributed by atoms with Gasteiger partial charge in [0.15, 0.2) is 0 Å². The second-order valence-electron chi connectivity index (χ2n) is 6.12. The second-order valence-corrected chi connectivity index (χ2v) is 8.13. The second kappa shape index (κ2) is 7.23. The summed E-state index contributed by atoms with van der Waals surface area (Å²) in [5.41, 5.74) is 3.66. The van der Waals surface area contributed by atoms with Gasteiger partial charge in [0.05, 0.1) is 5.75 Å². The van der Waals surface area contributed by atoms with Crippen molar-refractivity contribution in [1.29, 1.82) is 0 Å². The summed E-state index contributed by atoms with van der Waals surface area (Å²) in [5.74, 6) is 0.0461. The maximum atomic E-state index is 10.9. The van der Waals surface area contributed by atoms with Crippen LogP contribution in [0.25, 0.3) is 0 Å². The van der Waals surface area contributed by atoms with Crippen molar-refractivity contribution in [2.24, 2.45) is 0 Å². The number of halogens is 1. The summed E-state index contributed by atoms with van der Waals surface area (Å²) < 4.78 is 30.7. The van der Waals surface area contributed by atoms with Gasteiger partial charge in [0, 0.05) is 23.5 Å². The zero-order chi connectivity index (χ0) is 17.2. The minimum Gasteiger partial charge on any atom is -0.309 e. The van der Waals surface area contributed by atoms with E-state index in [0.717, 1.165) is 11.6 Å². The van der Waals surface area contributed by atoms with Crippen molar-refractivity contribution in [3.8, 4) is 0 Å². The Bertz CT molecular complexity index is 805. The highest BCUT2D eigenvalue weighted by molar-refractivity contribution is 7.85. The molecule has 128 valence electrons. The maximum Gasteiger partial charge on any atom is 0.264 e. The van der Waals surface area contributed by atoms with Crippen molar-refractivity contribution < 1.29 is 13.0 Å². The Morgan fingerprint density at radius 1 is 1.08 bits per heavy atom. The molecule has 24 heavy (non-hydrogen) atoms. The van der Waals surface area contributed by atoms with Crippen LogP contribution in [0.3, 0.4) is 0 Å². The van der Waals surface area contributed by atoms with Crippen LogP contribution in [0.4, 0.5) is 0 Å². The molecule has 0 aromatic heterocycles. The summed E-state index contributed by atoms with van der Waals surface area (Å²) in [6.45, 7) is 0.787. The molecular formula is C18H20ClNO3S. The highest BCUT2D eigenvalue weighted by Gasteiger charge is 2.27. The first kappa shape index (κ1) is 17.4. The third-order valence-corrected chi connectivity index (χ3v) is 5.54. The number of benzene rings is 2. The molecule has 3 rings (SSSR count). The molecule has 2 aromatic rings. The molecule has 4 nitrogen and oxygen atoms in total. The van der Waals surface area contributed by atoms with Gasteiger partial charge in [-0.15, -0.1) is 0 Å². The molecule has 2 N–H and O–H groups in total. The Morgan fingerprint density at radius 2 is 1.75 bits per heavy atom. The van der Waals surface area contributed by atoms with E-state index in [4.69, 9.17) is 16.2 Å². The van der Waals surface area contributed by atoms with Crippen molar-refractivity contribution in [3.05, 3.63) is 70.2 Å². The lowest BCUT2D eigenvalue weighted by atomic mass is 9.81. The van der Waals surface area contributed by atoms with Gasteiger partial charge in [0.25, 0.3) is 10.1 Å². The highest BCUT2D eigenvalue weighted by atomic mass is 35.5. The fourth-order valence-corrected chi connectivity index (χ4v) is 4.00. The van der Waals surface area contributed by atoms with E-state index >= 15 is 0 Å². The molecule has 1 aliphatic heterocycles. The van der Waals surface area contributed by atoms with Gasteiger partial charge in [-0.2, -0.15) is 8.42 Å². The first-order chi connectivity index (χ1) is 11.4. The van der Waals surface area contributed by atoms with Crippen LogP contribution in [-0.4, -0.2) is 25.3 Å². The van der Waals surface area contributed by atoms with Crippen molar-refractivity contribution in [2.75, 3.05) is 12.3 Å². The summed E-state index contributed by atoms with van der Waals surface area (Å²) in [7, 11) is -3.90. The largest absolute Gasteiger partial charge is 0.309 e. The van der Waals surface area contributed by atoms with E-state index in [2.05, 4.69) is 17.4 Å². The molecule has 2 aromatic carbocycles. The van der Waals surface area contributed by atoms with E-state index in [1.807, 2.05) is 36.4 Å². The van der Waals surface area contributed by atoms with Crippen molar-refractivity contribution in [3.63, 3.8) is 0 Å². The lowest BCUT2D eigenvalue weighted by Gasteiger charge is -2.33. The number of rotatable bonds is 5. The van der Waals surface area contributed by atoms with Gasteiger partial charge in [0.1, 0.15) is 0 Å². The molecule has 0 aliphatic carbocycles. The molecule has 1 aliphatic rings. The lowest BCUT2D eigenvalue weighted by Crippen LogP contribution is -2.33. The summed E-state index contributed by atoms with van der Waals surface area (Å²) >= 11 is 5.98. The summed E-state index contributed by atoms with van der Waals surface area (Å²) in [5, 5.41) is 4.24. The standard InChI is InChI=1S/C18H20ClNO3S/c19-14-9-7-13(8-10-14)17-12-20-18(6-3-11-24(21,22)23)16-5-2-1-4-15(16)17/h1-2,4-5,7-10,17-18,20H,3,6,11-12H2,(H,21,22,23). The minimum atomic E-state index is -3.90. The van der Waals surface area contributed by atoms with Gasteiger partial charge >= 0.3 is 0 Å². The Balaban J connectivity index is 1.81. The fourth-order valence-electron chi connectivity index (χ4n) is 3.35. The van der Waals surface area contributed by atoms with Crippen LogP contribution in [0.15, 0.2) is 48.5 Å². The fraction of sp³-hybridized carbons (Fsp3) is 0.333. The zero-order valence-electron chi connectivity index (χ0n) is 13.2. The Hall–Kier alpha value is -1.40. The lowest BCUT2D eigenvalue weighted by molar-refractivity contribution is 0.441. The van der Waals surface area contributed by atoms with Crippen LogP contribution in [0, 0.1) is 0 Å². The monoisotopic (exact) mass is 365 g/mol. The molecule has 0 bridgehead atoms. The average Bonchev–Trinajstić information content (AvgIpc) is 2.55. The van der Waals surface area contributed by atoms with Crippen LogP contribution >= 0.6 is 11.6 Å². The molecule has 1 heterocycles. The van der Waals surface area contributed by atoms with Gasteiger partial charge in [-0.25, -0.2) is 0 Å². The van der Waals surface area contributed by atoms with E-state index in [1.54, 1.807) is 0 Å². The zero-order valence-corrected chi connectivity index (χ0v) is 14.7. The highest BCUT2D eigenvalue weighted by Crippen LogP contribution is 2.36. The summed E-state index contributed by atoms with van der Waals surface area (Å²) in [6, 6.07) is 16.2. The molecular weight excluding hydrogens is 346 g/mol. The quantitative estimate of drug-likeness (QED) is 0.791. The Kier molecular flexibility index (Phi) is 5.25. The van der Waals surface area contributed by atoms with Gasteiger partial charge < -0.3 is 5.32 Å². The summed E-state index contributed by atoms with van der Waals surface area (Å²) in [6.07, 6.45) is 1.10. The molecule has 0 saturated heterocycles. The molecule has 0 saturated carbocycles. The minimum absolute atomic E-state index is 0.103. The van der Waals surface area contributed by atoms with Crippen molar-refractivity contribution >= 4 is 21.7 Å². The van der Waals surface area contributed by atoms with Gasteiger partial charge in [-0.1, -0.05) is 48.0 Å². The van der Waals surface area contributed by atoms with E-state index in [0.29, 0.717) is 12.8 Å². The SMILES string of the molecule is O=S(=O)(O)CCCC1NCC(c2ccc(Cl)cc2)c2ccccc21. The maximum absolute atomic E-state index is 10.9. The van der Waals surface area contributed by atoms with E-state index in [1.165, 1.54) is 16.7 Å². The van der Waals surface area contributed by atoms with Crippen molar-refractivity contribution in [1.82, 2.24) is 5.32 Å². The predicted octanol–water partition coefficient (Wildman–Crippen LogP) is 3.78. The first-order valence-electron chi connectivity index (χ1n) is 7.97. The summed E-state index contributed by atoms with van der Waals surface area (Å²) in [4.78, 5) is 0. The van der Waals surface area contributed by atoms with Gasteiger partial charge in [-0.05, 0) is 41.7 Å². The molecule has 0 amide bonds. The predicted molar refractivity (Wildman–Crippen MR) is 96.1 cm³/mol. The number of hydrogen-bond donors (Lipinski definition) is 2. The smallest absolute Gasteiger partial charge is 0.264 e. The number of nitrogens with one attached hydrogen (secondary N) is 1. The van der Waals surface area contributed by atoms with E-state index < -0.39 is 10.1 Å². The first-order valence-corrected chi connectivity index (χ1v) is 9.95. The normalized spacial score (nSPS) is 20.6. The topological polar surface area (TPSA) is 66.4 Å². The van der Waals surface area contributed by atoms with Gasteiger partial charge in [-0.3, -0.25) is 4.55 Å². The Labute approximate surface area is 147 Å². The number of fused-ring (bicyclic) bond motifs is 1. The molecule has 6 heteroatoms.